The molecule has 1 rings (SSSR count). The lowest BCUT2D eigenvalue weighted by atomic mass is 10.3. The Hall–Kier alpha value is -1.95. The molecule has 118 valence electrons. The van der Waals surface area contributed by atoms with E-state index in [9.17, 15) is 4.79 Å². The largest absolute Gasteiger partial charge is 0.497 e. The summed E-state index contributed by atoms with van der Waals surface area (Å²) in [6.45, 7) is 4.04. The summed E-state index contributed by atoms with van der Waals surface area (Å²) in [5.74, 6) is 1.25. The molecular weight excluding hydrogens is 272 g/mol. The molecule has 2 amide bonds. The highest BCUT2D eigenvalue weighted by Gasteiger charge is 2.05. The van der Waals surface area contributed by atoms with E-state index in [1.807, 2.05) is 0 Å². The third-order valence-electron chi connectivity index (χ3n) is 2.71. The minimum Gasteiger partial charge on any atom is -0.497 e. The fraction of sp³-hybridized carbons (Fsp3) is 0.533. The molecule has 0 bridgehead atoms. The van der Waals surface area contributed by atoms with Crippen LogP contribution in [0, 0.1) is 0 Å². The molecule has 6 heteroatoms. The number of anilines is 1. The van der Waals surface area contributed by atoms with Crippen molar-refractivity contribution in [3.63, 3.8) is 0 Å². The van der Waals surface area contributed by atoms with Crippen molar-refractivity contribution in [1.29, 1.82) is 0 Å². The van der Waals surface area contributed by atoms with Crippen LogP contribution < -0.4 is 20.1 Å². The lowest BCUT2D eigenvalue weighted by Crippen LogP contribution is -2.30. The Balaban J connectivity index is 2.37. The standard InChI is InChI=1S/C15H24N2O4/c1-4-7-21-8-5-6-16-15(18)17-12-9-13(19-2)11-14(10-12)20-3/h9-11H,4-8H2,1-3H3,(H2,16,17,18). The van der Waals surface area contributed by atoms with E-state index in [0.717, 1.165) is 19.4 Å². The number of rotatable bonds is 9. The van der Waals surface area contributed by atoms with Crippen molar-refractivity contribution in [3.05, 3.63) is 18.2 Å². The molecule has 0 aliphatic carbocycles. The third-order valence-corrected chi connectivity index (χ3v) is 2.71. The third kappa shape index (κ3) is 6.85. The summed E-state index contributed by atoms with van der Waals surface area (Å²) in [5, 5.41) is 5.51. The quantitative estimate of drug-likeness (QED) is 0.687. The van der Waals surface area contributed by atoms with Crippen LogP contribution in [0.25, 0.3) is 0 Å². The molecule has 0 saturated carbocycles. The van der Waals surface area contributed by atoms with Crippen molar-refractivity contribution < 1.29 is 19.0 Å². The summed E-state index contributed by atoms with van der Waals surface area (Å²) in [4.78, 5) is 11.8. The molecule has 0 saturated heterocycles. The summed E-state index contributed by atoms with van der Waals surface area (Å²) in [6.07, 6.45) is 1.79. The van der Waals surface area contributed by atoms with E-state index in [1.54, 1.807) is 32.4 Å². The second-order valence-electron chi connectivity index (χ2n) is 4.45. The Morgan fingerprint density at radius 2 is 1.76 bits per heavy atom. The molecule has 0 atom stereocenters. The second kappa shape index (κ2) is 9.88. The van der Waals surface area contributed by atoms with Gasteiger partial charge in [-0.25, -0.2) is 4.79 Å². The van der Waals surface area contributed by atoms with Crippen LogP contribution in [0.4, 0.5) is 10.5 Å². The van der Waals surface area contributed by atoms with Gasteiger partial charge in [-0.1, -0.05) is 6.92 Å². The maximum absolute atomic E-state index is 11.8. The van der Waals surface area contributed by atoms with Crippen LogP contribution in [-0.4, -0.2) is 40.0 Å². The predicted molar refractivity (Wildman–Crippen MR) is 82.3 cm³/mol. The van der Waals surface area contributed by atoms with E-state index in [0.29, 0.717) is 30.3 Å². The molecule has 6 nitrogen and oxygen atoms in total. The van der Waals surface area contributed by atoms with Gasteiger partial charge < -0.3 is 24.8 Å². The van der Waals surface area contributed by atoms with Crippen LogP contribution in [-0.2, 0) is 4.74 Å². The lowest BCUT2D eigenvalue weighted by Gasteiger charge is -2.11. The van der Waals surface area contributed by atoms with E-state index in [4.69, 9.17) is 14.2 Å². The first kappa shape index (κ1) is 17.1. The number of carbonyl (C=O) groups excluding carboxylic acids is 1. The van der Waals surface area contributed by atoms with Gasteiger partial charge >= 0.3 is 6.03 Å². The zero-order chi connectivity index (χ0) is 15.5. The molecular formula is C15H24N2O4. The topological polar surface area (TPSA) is 68.8 Å². The van der Waals surface area contributed by atoms with E-state index < -0.39 is 0 Å². The highest BCUT2D eigenvalue weighted by molar-refractivity contribution is 5.89. The van der Waals surface area contributed by atoms with Gasteiger partial charge in [-0.05, 0) is 12.8 Å². The summed E-state index contributed by atoms with van der Waals surface area (Å²) < 4.78 is 15.6. The monoisotopic (exact) mass is 296 g/mol. The van der Waals surface area contributed by atoms with Gasteiger partial charge in [0.2, 0.25) is 0 Å². The number of amides is 2. The SMILES string of the molecule is CCCOCCCNC(=O)Nc1cc(OC)cc(OC)c1. The number of carbonyl (C=O) groups is 1. The van der Waals surface area contributed by atoms with Gasteiger partial charge in [-0.2, -0.15) is 0 Å². The number of ether oxygens (including phenoxy) is 3. The van der Waals surface area contributed by atoms with Crippen molar-refractivity contribution >= 4 is 11.7 Å². The Morgan fingerprint density at radius 1 is 1.10 bits per heavy atom. The maximum Gasteiger partial charge on any atom is 0.319 e. The van der Waals surface area contributed by atoms with Crippen molar-refractivity contribution in [2.45, 2.75) is 19.8 Å². The van der Waals surface area contributed by atoms with Gasteiger partial charge in [-0.3, -0.25) is 0 Å². The first-order valence-corrected chi connectivity index (χ1v) is 7.05. The average Bonchev–Trinajstić information content (AvgIpc) is 2.50. The van der Waals surface area contributed by atoms with Gasteiger partial charge in [0.05, 0.1) is 14.2 Å². The Kier molecular flexibility index (Phi) is 8.04. The van der Waals surface area contributed by atoms with Crippen LogP contribution in [0.2, 0.25) is 0 Å². The van der Waals surface area contributed by atoms with Gasteiger partial charge in [-0.15, -0.1) is 0 Å². The number of benzene rings is 1. The smallest absolute Gasteiger partial charge is 0.319 e. The molecule has 0 aromatic heterocycles. The average molecular weight is 296 g/mol. The summed E-state index contributed by atoms with van der Waals surface area (Å²) in [7, 11) is 3.13. The van der Waals surface area contributed by atoms with Crippen LogP contribution in [0.15, 0.2) is 18.2 Å². The minimum absolute atomic E-state index is 0.263. The fourth-order valence-corrected chi connectivity index (χ4v) is 1.68. The number of urea groups is 1. The van der Waals surface area contributed by atoms with E-state index in [2.05, 4.69) is 17.6 Å². The van der Waals surface area contributed by atoms with Crippen molar-refractivity contribution in [3.8, 4) is 11.5 Å². The molecule has 0 unspecified atom stereocenters. The first-order chi connectivity index (χ1) is 10.2. The molecule has 1 aromatic rings. The van der Waals surface area contributed by atoms with Crippen molar-refractivity contribution in [2.75, 3.05) is 39.3 Å². The number of hydrogen-bond donors (Lipinski definition) is 2. The molecule has 0 heterocycles. The molecule has 0 aliphatic heterocycles. The summed E-state index contributed by atoms with van der Waals surface area (Å²) in [6, 6.07) is 4.94. The van der Waals surface area contributed by atoms with Crippen molar-refractivity contribution in [1.82, 2.24) is 5.32 Å². The van der Waals surface area contributed by atoms with Crippen LogP contribution >= 0.6 is 0 Å². The predicted octanol–water partition coefficient (Wildman–Crippen LogP) is 2.64. The van der Waals surface area contributed by atoms with Crippen LogP contribution in [0.5, 0.6) is 11.5 Å². The summed E-state index contributed by atoms with van der Waals surface area (Å²) >= 11 is 0. The molecule has 2 N–H and O–H groups in total. The van der Waals surface area contributed by atoms with Crippen molar-refractivity contribution in [2.24, 2.45) is 0 Å². The molecule has 1 aromatic carbocycles. The molecule has 0 fully saturated rings. The lowest BCUT2D eigenvalue weighted by molar-refractivity contribution is 0.132. The fourth-order valence-electron chi connectivity index (χ4n) is 1.68. The van der Waals surface area contributed by atoms with Crippen LogP contribution in [0.1, 0.15) is 19.8 Å². The molecule has 21 heavy (non-hydrogen) atoms. The number of hydrogen-bond acceptors (Lipinski definition) is 4. The zero-order valence-electron chi connectivity index (χ0n) is 12.9. The van der Waals surface area contributed by atoms with E-state index in [1.165, 1.54) is 0 Å². The number of methoxy groups -OCH3 is 2. The normalized spacial score (nSPS) is 10.0. The first-order valence-electron chi connectivity index (χ1n) is 7.05. The minimum atomic E-state index is -0.263. The maximum atomic E-state index is 11.8. The van der Waals surface area contributed by atoms with Crippen LogP contribution in [0.3, 0.4) is 0 Å². The summed E-state index contributed by atoms with van der Waals surface area (Å²) in [5.41, 5.74) is 0.617. The van der Waals surface area contributed by atoms with E-state index in [-0.39, 0.29) is 6.03 Å². The highest BCUT2D eigenvalue weighted by atomic mass is 16.5. The molecule has 0 spiro atoms. The Bertz CT molecular complexity index is 415. The van der Waals surface area contributed by atoms with Gasteiger partial charge in [0.1, 0.15) is 11.5 Å². The van der Waals surface area contributed by atoms with Gasteiger partial charge in [0.15, 0.2) is 0 Å². The second-order valence-corrected chi connectivity index (χ2v) is 4.45. The Morgan fingerprint density at radius 3 is 2.33 bits per heavy atom. The number of nitrogens with one attached hydrogen (secondary N) is 2. The Labute approximate surface area is 125 Å². The highest BCUT2D eigenvalue weighted by Crippen LogP contribution is 2.25. The molecule has 0 radical (unpaired) electrons. The van der Waals surface area contributed by atoms with Gasteiger partial charge in [0, 0.05) is 43.6 Å². The molecule has 0 aliphatic rings. The van der Waals surface area contributed by atoms with E-state index >= 15 is 0 Å². The zero-order valence-corrected chi connectivity index (χ0v) is 12.9. The van der Waals surface area contributed by atoms with Gasteiger partial charge in [0.25, 0.3) is 0 Å².